The van der Waals surface area contributed by atoms with Gasteiger partial charge in [0.25, 0.3) is 0 Å². The average Bonchev–Trinajstić information content (AvgIpc) is 2.35. The largest absolute Gasteiger partial charge is 0.214 e. The number of alkyl halides is 1. The molecule has 1 aromatic rings. The van der Waals surface area contributed by atoms with E-state index in [1.54, 1.807) is 0 Å². The molecule has 1 rings (SSSR count). The summed E-state index contributed by atoms with van der Waals surface area (Å²) in [5.41, 5.74) is 1.23. The van der Waals surface area contributed by atoms with Crippen molar-refractivity contribution in [3.63, 3.8) is 0 Å². The first kappa shape index (κ1) is 18.7. The van der Waals surface area contributed by atoms with Crippen molar-refractivity contribution in [3.05, 3.63) is 35.9 Å². The lowest BCUT2D eigenvalue weighted by molar-refractivity contribution is 0.373. The monoisotopic (exact) mass is 375 g/mol. The molecular weight excluding hydrogens is 350 g/mol. The number of nitrogens with one attached hydrogen (secondary N) is 1. The van der Waals surface area contributed by atoms with Crippen LogP contribution in [0.5, 0.6) is 0 Å². The second-order valence-corrected chi connectivity index (χ2v) is 9.95. The molecule has 0 bridgehead atoms. The molecule has 0 saturated carbocycles. The molecule has 0 heterocycles. The van der Waals surface area contributed by atoms with E-state index >= 15 is 0 Å². The van der Waals surface area contributed by atoms with Crippen LogP contribution in [0.4, 0.5) is 0 Å². The van der Waals surface area contributed by atoms with Crippen molar-refractivity contribution < 1.29 is 8.42 Å². The van der Waals surface area contributed by atoms with Gasteiger partial charge in [0.2, 0.25) is 10.0 Å². The van der Waals surface area contributed by atoms with Gasteiger partial charge in [0.05, 0.1) is 5.75 Å². The number of sulfonamides is 1. The highest BCUT2D eigenvalue weighted by Gasteiger charge is 2.20. The van der Waals surface area contributed by atoms with Crippen LogP contribution in [0.2, 0.25) is 0 Å². The number of benzene rings is 1. The van der Waals surface area contributed by atoms with Gasteiger partial charge in [-0.15, -0.1) is 0 Å². The van der Waals surface area contributed by atoms with E-state index in [0.29, 0.717) is 6.54 Å². The Morgan fingerprint density at radius 3 is 2.29 bits per heavy atom. The van der Waals surface area contributed by atoms with Crippen LogP contribution in [0.1, 0.15) is 45.6 Å². The third kappa shape index (κ3) is 7.98. The summed E-state index contributed by atoms with van der Waals surface area (Å²) >= 11 is 3.55. The molecule has 3 nitrogen and oxygen atoms in total. The number of hydrogen-bond donors (Lipinski definition) is 1. The Morgan fingerprint density at radius 1 is 1.19 bits per heavy atom. The van der Waals surface area contributed by atoms with Gasteiger partial charge in [0.1, 0.15) is 0 Å². The van der Waals surface area contributed by atoms with E-state index in [1.165, 1.54) is 0 Å². The quantitative estimate of drug-likeness (QED) is 0.734. The summed E-state index contributed by atoms with van der Waals surface area (Å²) in [6.45, 7) is 8.81. The summed E-state index contributed by atoms with van der Waals surface area (Å²) in [6.07, 6.45) is 0.920. The van der Waals surface area contributed by atoms with Crippen LogP contribution in [0.15, 0.2) is 30.3 Å². The minimum Gasteiger partial charge on any atom is -0.214 e. The van der Waals surface area contributed by atoms with Crippen LogP contribution >= 0.6 is 15.9 Å². The molecule has 0 aliphatic heterocycles. The van der Waals surface area contributed by atoms with E-state index in [4.69, 9.17) is 0 Å². The Kier molecular flexibility index (Phi) is 6.88. The second-order valence-electron chi connectivity index (χ2n) is 6.80. The standard InChI is InChI=1S/C16H26BrNO2S/c1-13(14-8-6-5-7-9-14)12-21(19,20)18-11-15(17)10-16(2,3)4/h5-9,13,15,18H,10-12H2,1-4H3. The first-order valence-corrected chi connectivity index (χ1v) is 9.82. The fourth-order valence-corrected chi connectivity index (χ4v) is 4.99. The Hall–Kier alpha value is -0.390. The normalized spacial score (nSPS) is 15.7. The summed E-state index contributed by atoms with van der Waals surface area (Å²) in [6, 6.07) is 9.73. The maximum Gasteiger partial charge on any atom is 0.212 e. The highest BCUT2D eigenvalue weighted by Crippen LogP contribution is 2.24. The number of halogens is 1. The predicted octanol–water partition coefficient (Wildman–Crippen LogP) is 3.91. The van der Waals surface area contributed by atoms with Crippen molar-refractivity contribution in [3.8, 4) is 0 Å². The molecule has 0 aliphatic rings. The number of rotatable bonds is 7. The first-order valence-electron chi connectivity index (χ1n) is 7.25. The minimum absolute atomic E-state index is 0.0138. The third-order valence-electron chi connectivity index (χ3n) is 3.20. The fourth-order valence-electron chi connectivity index (χ4n) is 2.22. The van der Waals surface area contributed by atoms with E-state index in [9.17, 15) is 8.42 Å². The van der Waals surface area contributed by atoms with Crippen LogP contribution in [0.3, 0.4) is 0 Å². The first-order chi connectivity index (χ1) is 9.59. The van der Waals surface area contributed by atoms with E-state index in [2.05, 4.69) is 41.4 Å². The minimum atomic E-state index is -3.26. The molecule has 2 atom stereocenters. The van der Waals surface area contributed by atoms with Gasteiger partial charge >= 0.3 is 0 Å². The summed E-state index contributed by atoms with van der Waals surface area (Å²) in [4.78, 5) is 0.152. The molecule has 5 heteroatoms. The predicted molar refractivity (Wildman–Crippen MR) is 93.4 cm³/mol. The van der Waals surface area contributed by atoms with E-state index < -0.39 is 10.0 Å². The molecular formula is C16H26BrNO2S. The van der Waals surface area contributed by atoms with E-state index in [-0.39, 0.29) is 21.9 Å². The van der Waals surface area contributed by atoms with Gasteiger partial charge in [-0.05, 0) is 23.3 Å². The van der Waals surface area contributed by atoms with Gasteiger partial charge < -0.3 is 0 Å². The van der Waals surface area contributed by atoms with Gasteiger partial charge in [0, 0.05) is 11.4 Å². The van der Waals surface area contributed by atoms with Crippen LogP contribution < -0.4 is 4.72 Å². The smallest absolute Gasteiger partial charge is 0.212 e. The Morgan fingerprint density at radius 2 is 1.76 bits per heavy atom. The van der Waals surface area contributed by atoms with Crippen molar-refractivity contribution in [1.29, 1.82) is 0 Å². The third-order valence-corrected chi connectivity index (χ3v) is 5.39. The molecule has 0 saturated heterocycles. The van der Waals surface area contributed by atoms with Crippen molar-refractivity contribution in [2.45, 2.75) is 44.9 Å². The molecule has 120 valence electrons. The number of hydrogen-bond acceptors (Lipinski definition) is 2. The van der Waals surface area contributed by atoms with Gasteiger partial charge in [-0.1, -0.05) is 74.0 Å². The zero-order valence-corrected chi connectivity index (χ0v) is 15.7. The van der Waals surface area contributed by atoms with Crippen LogP contribution in [-0.4, -0.2) is 25.5 Å². The van der Waals surface area contributed by atoms with Crippen molar-refractivity contribution in [1.82, 2.24) is 4.72 Å². The van der Waals surface area contributed by atoms with Crippen molar-refractivity contribution in [2.75, 3.05) is 12.3 Å². The topological polar surface area (TPSA) is 46.2 Å². The zero-order valence-electron chi connectivity index (χ0n) is 13.3. The lowest BCUT2D eigenvalue weighted by atomic mass is 9.91. The fraction of sp³-hybridized carbons (Fsp3) is 0.625. The molecule has 0 aliphatic carbocycles. The molecule has 0 spiro atoms. The van der Waals surface area contributed by atoms with Gasteiger partial charge in [-0.3, -0.25) is 0 Å². The lowest BCUT2D eigenvalue weighted by Gasteiger charge is -2.22. The molecule has 0 aromatic heterocycles. The molecule has 21 heavy (non-hydrogen) atoms. The maximum atomic E-state index is 12.2. The van der Waals surface area contributed by atoms with Crippen LogP contribution in [0, 0.1) is 5.41 Å². The highest BCUT2D eigenvalue weighted by atomic mass is 79.9. The van der Waals surface area contributed by atoms with Crippen LogP contribution in [-0.2, 0) is 10.0 Å². The SMILES string of the molecule is CC(CS(=O)(=O)NCC(Br)CC(C)(C)C)c1ccccc1. The summed E-state index contributed by atoms with van der Waals surface area (Å²) in [7, 11) is -3.26. The Bertz CT molecular complexity index is 523. The molecule has 1 aromatic carbocycles. The Balaban J connectivity index is 2.51. The van der Waals surface area contributed by atoms with E-state index in [0.717, 1.165) is 12.0 Å². The molecule has 1 N–H and O–H groups in total. The lowest BCUT2D eigenvalue weighted by Crippen LogP contribution is -2.34. The maximum absolute atomic E-state index is 12.2. The average molecular weight is 376 g/mol. The van der Waals surface area contributed by atoms with Gasteiger partial charge in [0.15, 0.2) is 0 Å². The van der Waals surface area contributed by atoms with Crippen LogP contribution in [0.25, 0.3) is 0 Å². The van der Waals surface area contributed by atoms with Crippen molar-refractivity contribution >= 4 is 26.0 Å². The summed E-state index contributed by atoms with van der Waals surface area (Å²) < 4.78 is 27.0. The van der Waals surface area contributed by atoms with Gasteiger partial charge in [-0.2, -0.15) is 0 Å². The van der Waals surface area contributed by atoms with Gasteiger partial charge in [-0.25, -0.2) is 13.1 Å². The molecule has 0 amide bonds. The van der Waals surface area contributed by atoms with Crippen molar-refractivity contribution in [2.24, 2.45) is 5.41 Å². The van der Waals surface area contributed by atoms with E-state index in [1.807, 2.05) is 37.3 Å². The Labute approximate surface area is 137 Å². The molecule has 0 radical (unpaired) electrons. The second kappa shape index (κ2) is 7.75. The summed E-state index contributed by atoms with van der Waals surface area (Å²) in [5, 5.41) is 0. The summed E-state index contributed by atoms with van der Waals surface area (Å²) in [5.74, 6) is 0.104. The molecule has 0 fully saturated rings. The highest BCUT2D eigenvalue weighted by molar-refractivity contribution is 9.09. The zero-order chi connectivity index (χ0) is 16.1. The molecule has 2 unspecified atom stereocenters.